The Labute approximate surface area is 184 Å². The van der Waals surface area contributed by atoms with E-state index < -0.39 is 0 Å². The Morgan fingerprint density at radius 2 is 1.77 bits per heavy atom. The van der Waals surface area contributed by atoms with Gasteiger partial charge in [0.25, 0.3) is 0 Å². The molecule has 0 radical (unpaired) electrons. The SMILES string of the molecule is Cc1cc(C2C(c3ccccn3)NC(=S)N2c2ccccc2O)c(C)n1-n1cnnc1. The highest BCUT2D eigenvalue weighted by Gasteiger charge is 2.43. The Bertz CT molecular complexity index is 1240. The van der Waals surface area contributed by atoms with Crippen molar-refractivity contribution in [3.8, 4) is 5.75 Å². The van der Waals surface area contributed by atoms with Crippen LogP contribution < -0.4 is 10.2 Å². The summed E-state index contributed by atoms with van der Waals surface area (Å²) in [5, 5.41) is 22.5. The van der Waals surface area contributed by atoms with Crippen molar-refractivity contribution in [2.45, 2.75) is 25.9 Å². The first-order chi connectivity index (χ1) is 15.1. The molecule has 4 heterocycles. The van der Waals surface area contributed by atoms with E-state index in [1.54, 1.807) is 31.0 Å². The molecule has 2 N–H and O–H groups in total. The molecule has 3 aromatic heterocycles. The molecule has 2 unspecified atom stereocenters. The quantitative estimate of drug-likeness (QED) is 0.480. The van der Waals surface area contributed by atoms with Gasteiger partial charge in [-0.15, -0.1) is 10.2 Å². The number of hydrogen-bond donors (Lipinski definition) is 2. The Morgan fingerprint density at radius 1 is 1.03 bits per heavy atom. The van der Waals surface area contributed by atoms with Crippen molar-refractivity contribution < 1.29 is 5.11 Å². The number of nitrogens with zero attached hydrogens (tertiary/aromatic N) is 6. The van der Waals surface area contributed by atoms with Crippen LogP contribution in [0, 0.1) is 13.8 Å². The number of aromatic hydroxyl groups is 1. The van der Waals surface area contributed by atoms with Crippen LogP contribution in [0.1, 0.15) is 34.7 Å². The molecule has 1 aliphatic rings. The van der Waals surface area contributed by atoms with E-state index in [2.05, 4.69) is 38.2 Å². The van der Waals surface area contributed by atoms with Crippen LogP contribution in [0.2, 0.25) is 0 Å². The van der Waals surface area contributed by atoms with Gasteiger partial charge in [-0.05, 0) is 56.4 Å². The van der Waals surface area contributed by atoms with Crippen molar-refractivity contribution in [2.24, 2.45) is 0 Å². The maximum absolute atomic E-state index is 10.6. The fourth-order valence-electron chi connectivity index (χ4n) is 4.33. The number of anilines is 1. The molecule has 31 heavy (non-hydrogen) atoms. The van der Waals surface area contributed by atoms with Crippen LogP contribution >= 0.6 is 12.2 Å². The number of phenols is 1. The molecule has 1 aliphatic heterocycles. The fraction of sp³-hybridized carbons (Fsp3) is 0.182. The number of phenolic OH excluding ortho intramolecular Hbond substituents is 1. The smallest absolute Gasteiger partial charge is 0.174 e. The Balaban J connectivity index is 1.70. The minimum absolute atomic E-state index is 0.172. The van der Waals surface area contributed by atoms with Gasteiger partial charge in [-0.2, -0.15) is 0 Å². The molecular formula is C22H21N7OS. The Morgan fingerprint density at radius 3 is 2.48 bits per heavy atom. The highest BCUT2D eigenvalue weighted by molar-refractivity contribution is 7.80. The number of nitrogens with one attached hydrogen (secondary N) is 1. The molecule has 0 aliphatic carbocycles. The van der Waals surface area contributed by atoms with Crippen LogP contribution in [-0.4, -0.2) is 34.8 Å². The van der Waals surface area contributed by atoms with Gasteiger partial charge in [0.2, 0.25) is 0 Å². The fourth-order valence-corrected chi connectivity index (χ4v) is 4.67. The van der Waals surface area contributed by atoms with Gasteiger partial charge >= 0.3 is 0 Å². The van der Waals surface area contributed by atoms with E-state index in [9.17, 15) is 5.11 Å². The van der Waals surface area contributed by atoms with Gasteiger partial charge in [0.15, 0.2) is 5.11 Å². The third kappa shape index (κ3) is 3.14. The first-order valence-electron chi connectivity index (χ1n) is 9.89. The zero-order chi connectivity index (χ0) is 21.5. The summed E-state index contributed by atoms with van der Waals surface area (Å²) < 4.78 is 3.89. The second-order valence-electron chi connectivity index (χ2n) is 7.47. The Kier molecular flexibility index (Phi) is 4.67. The predicted molar refractivity (Wildman–Crippen MR) is 121 cm³/mol. The summed E-state index contributed by atoms with van der Waals surface area (Å²) in [6, 6.07) is 14.8. The van der Waals surface area contributed by atoms with Gasteiger partial charge in [0.1, 0.15) is 18.4 Å². The standard InChI is InChI=1S/C22H21N7OS/c1-14-11-16(15(2)29(14)27-12-24-25-13-27)21-20(17-7-5-6-10-23-17)26-22(31)28(21)18-8-3-4-9-19(18)30/h3-13,20-21,30H,1-2H3,(H,26,31). The predicted octanol–water partition coefficient (Wildman–Crippen LogP) is 3.29. The molecule has 0 bridgehead atoms. The number of thiocarbonyl (C=S) groups is 1. The number of pyridine rings is 1. The molecule has 2 atom stereocenters. The van der Waals surface area contributed by atoms with Gasteiger partial charge in [-0.1, -0.05) is 18.2 Å². The second kappa shape index (κ2) is 7.51. The van der Waals surface area contributed by atoms with Crippen LogP contribution in [0.3, 0.4) is 0 Å². The summed E-state index contributed by atoms with van der Waals surface area (Å²) >= 11 is 5.74. The van der Waals surface area contributed by atoms with Crippen molar-refractivity contribution in [1.29, 1.82) is 0 Å². The van der Waals surface area contributed by atoms with Crippen molar-refractivity contribution >= 4 is 23.0 Å². The van der Waals surface area contributed by atoms with Gasteiger partial charge in [0.05, 0.1) is 23.5 Å². The van der Waals surface area contributed by atoms with E-state index in [1.165, 1.54) is 0 Å². The maximum Gasteiger partial charge on any atom is 0.174 e. The summed E-state index contributed by atoms with van der Waals surface area (Å²) in [5.41, 5.74) is 4.65. The molecular weight excluding hydrogens is 410 g/mol. The molecule has 1 aromatic carbocycles. The molecule has 4 aromatic rings. The highest BCUT2D eigenvalue weighted by Crippen LogP contribution is 2.45. The average Bonchev–Trinajstić information content (AvgIpc) is 3.47. The second-order valence-corrected chi connectivity index (χ2v) is 7.85. The van der Waals surface area contributed by atoms with Crippen LogP contribution in [0.25, 0.3) is 0 Å². The summed E-state index contributed by atoms with van der Waals surface area (Å²) in [7, 11) is 0. The van der Waals surface area contributed by atoms with Gasteiger partial charge in [0, 0.05) is 23.1 Å². The van der Waals surface area contributed by atoms with Gasteiger partial charge in [-0.3, -0.25) is 9.66 Å². The van der Waals surface area contributed by atoms with Crippen LogP contribution in [0.5, 0.6) is 5.75 Å². The van der Waals surface area contributed by atoms with E-state index in [0.29, 0.717) is 10.8 Å². The third-order valence-corrected chi connectivity index (χ3v) is 5.94. The lowest BCUT2D eigenvalue weighted by Crippen LogP contribution is -2.29. The topological polar surface area (TPSA) is 84.0 Å². The van der Waals surface area contributed by atoms with Gasteiger partial charge < -0.3 is 15.3 Å². The number of aromatic nitrogens is 5. The molecule has 156 valence electrons. The normalized spacial score (nSPS) is 18.4. The Hall–Kier alpha value is -3.72. The zero-order valence-electron chi connectivity index (χ0n) is 17.0. The average molecular weight is 432 g/mol. The van der Waals surface area contributed by atoms with E-state index in [1.807, 2.05) is 46.8 Å². The van der Waals surface area contributed by atoms with E-state index in [0.717, 1.165) is 22.6 Å². The number of para-hydroxylation sites is 2. The van der Waals surface area contributed by atoms with E-state index in [4.69, 9.17) is 12.2 Å². The molecule has 1 saturated heterocycles. The lowest BCUT2D eigenvalue weighted by atomic mass is 9.96. The number of benzene rings is 1. The number of rotatable bonds is 4. The van der Waals surface area contributed by atoms with Gasteiger partial charge in [-0.25, -0.2) is 4.68 Å². The third-order valence-electron chi connectivity index (χ3n) is 5.63. The van der Waals surface area contributed by atoms with E-state index in [-0.39, 0.29) is 17.8 Å². The lowest BCUT2D eigenvalue weighted by molar-refractivity contribution is 0.472. The molecule has 8 nitrogen and oxygen atoms in total. The molecule has 5 rings (SSSR count). The van der Waals surface area contributed by atoms with Crippen LogP contribution in [0.15, 0.2) is 67.4 Å². The maximum atomic E-state index is 10.6. The lowest BCUT2D eigenvalue weighted by Gasteiger charge is -2.28. The molecule has 0 saturated carbocycles. The first kappa shape index (κ1) is 19.3. The van der Waals surface area contributed by atoms with Crippen molar-refractivity contribution in [1.82, 2.24) is 29.9 Å². The van der Waals surface area contributed by atoms with E-state index >= 15 is 0 Å². The number of hydrogen-bond acceptors (Lipinski definition) is 5. The summed E-state index contributed by atoms with van der Waals surface area (Å²) in [5.74, 6) is 0.172. The van der Waals surface area contributed by atoms with Crippen molar-refractivity contribution in [2.75, 3.05) is 4.90 Å². The monoisotopic (exact) mass is 431 g/mol. The zero-order valence-corrected chi connectivity index (χ0v) is 17.9. The largest absolute Gasteiger partial charge is 0.506 e. The van der Waals surface area contributed by atoms with Crippen molar-refractivity contribution in [3.63, 3.8) is 0 Å². The molecule has 9 heteroatoms. The highest BCUT2D eigenvalue weighted by atomic mass is 32.1. The molecule has 1 fully saturated rings. The van der Waals surface area contributed by atoms with Crippen LogP contribution in [-0.2, 0) is 0 Å². The minimum Gasteiger partial charge on any atom is -0.506 e. The summed E-state index contributed by atoms with van der Waals surface area (Å²) in [6.07, 6.45) is 5.11. The summed E-state index contributed by atoms with van der Waals surface area (Å²) in [4.78, 5) is 6.56. The number of aryl methyl sites for hydroxylation is 1. The molecule has 0 amide bonds. The first-order valence-corrected chi connectivity index (χ1v) is 10.3. The van der Waals surface area contributed by atoms with Crippen molar-refractivity contribution in [3.05, 3.63) is 90.0 Å². The minimum atomic E-state index is -0.216. The van der Waals surface area contributed by atoms with Crippen LogP contribution in [0.4, 0.5) is 5.69 Å². The molecule has 0 spiro atoms. The summed E-state index contributed by atoms with van der Waals surface area (Å²) in [6.45, 7) is 4.10.